The van der Waals surface area contributed by atoms with Gasteiger partial charge in [-0.1, -0.05) is 72.9 Å². The van der Waals surface area contributed by atoms with Gasteiger partial charge in [-0.2, -0.15) is 0 Å². The molecule has 0 spiro atoms. The van der Waals surface area contributed by atoms with Crippen molar-refractivity contribution < 1.29 is 9.59 Å². The Morgan fingerprint density at radius 2 is 1.53 bits per heavy atom. The van der Waals surface area contributed by atoms with E-state index in [0.717, 1.165) is 12.0 Å². The van der Waals surface area contributed by atoms with Crippen molar-refractivity contribution in [2.75, 3.05) is 0 Å². The predicted octanol–water partition coefficient (Wildman–Crippen LogP) is 5.91. The van der Waals surface area contributed by atoms with Gasteiger partial charge in [0.05, 0.1) is 6.42 Å². The van der Waals surface area contributed by atoms with Crippen LogP contribution < -0.4 is 5.32 Å². The van der Waals surface area contributed by atoms with Crippen LogP contribution in [0.2, 0.25) is 15.1 Å². The fourth-order valence-electron chi connectivity index (χ4n) is 3.12. The minimum Gasteiger partial charge on any atom is -0.352 e. The summed E-state index contributed by atoms with van der Waals surface area (Å²) in [6.07, 6.45) is 1.26. The van der Waals surface area contributed by atoms with Crippen molar-refractivity contribution in [3.63, 3.8) is 0 Å². The van der Waals surface area contributed by atoms with E-state index < -0.39 is 6.04 Å². The molecule has 0 unspecified atom stereocenters. The minimum absolute atomic E-state index is 0.00390. The normalized spacial score (nSPS) is 12.9. The molecule has 0 saturated carbocycles. The van der Waals surface area contributed by atoms with Crippen LogP contribution in [0, 0.1) is 0 Å². The largest absolute Gasteiger partial charge is 0.352 e. The molecule has 0 bridgehead atoms. The van der Waals surface area contributed by atoms with Crippen LogP contribution in [0.3, 0.4) is 0 Å². The summed E-state index contributed by atoms with van der Waals surface area (Å²) in [5.74, 6) is -0.423. The first-order valence-electron chi connectivity index (χ1n) is 10.0. The van der Waals surface area contributed by atoms with Crippen LogP contribution in [-0.4, -0.2) is 28.8 Å². The van der Waals surface area contributed by atoms with Crippen molar-refractivity contribution in [1.29, 1.82) is 0 Å². The molecule has 162 valence electrons. The first-order valence-corrected chi connectivity index (χ1v) is 11.2. The Morgan fingerprint density at radius 1 is 0.933 bits per heavy atom. The van der Waals surface area contributed by atoms with Gasteiger partial charge in [0.15, 0.2) is 0 Å². The SMILES string of the molecule is CC[C@H](C(=O)N[C@@H](C)CC)N(Cc1ccccc1Cl)C(=O)Cc1c(Cl)cccc1Cl. The zero-order chi connectivity index (χ0) is 22.3. The minimum atomic E-state index is -0.635. The summed E-state index contributed by atoms with van der Waals surface area (Å²) in [6, 6.07) is 11.8. The molecule has 0 aliphatic heterocycles. The molecule has 0 saturated heterocycles. The molecule has 0 aromatic heterocycles. The highest BCUT2D eigenvalue weighted by Gasteiger charge is 2.30. The van der Waals surface area contributed by atoms with Gasteiger partial charge in [0.1, 0.15) is 6.04 Å². The van der Waals surface area contributed by atoms with Crippen LogP contribution in [0.1, 0.15) is 44.7 Å². The third-order valence-corrected chi connectivity index (χ3v) is 6.15. The molecular formula is C23H27Cl3N2O2. The van der Waals surface area contributed by atoms with E-state index in [1.54, 1.807) is 29.2 Å². The lowest BCUT2D eigenvalue weighted by Crippen LogP contribution is -2.51. The molecule has 30 heavy (non-hydrogen) atoms. The molecule has 2 aromatic carbocycles. The van der Waals surface area contributed by atoms with Gasteiger partial charge in [0.2, 0.25) is 11.8 Å². The maximum absolute atomic E-state index is 13.4. The number of nitrogens with one attached hydrogen (secondary N) is 1. The van der Waals surface area contributed by atoms with E-state index in [0.29, 0.717) is 27.1 Å². The van der Waals surface area contributed by atoms with E-state index in [4.69, 9.17) is 34.8 Å². The Kier molecular flexibility index (Phi) is 9.47. The topological polar surface area (TPSA) is 49.4 Å². The van der Waals surface area contributed by atoms with Gasteiger partial charge in [0, 0.05) is 27.7 Å². The van der Waals surface area contributed by atoms with Crippen molar-refractivity contribution in [3.05, 3.63) is 68.7 Å². The van der Waals surface area contributed by atoms with Gasteiger partial charge in [-0.05, 0) is 49.1 Å². The van der Waals surface area contributed by atoms with Crippen molar-refractivity contribution in [2.24, 2.45) is 0 Å². The second-order valence-corrected chi connectivity index (χ2v) is 8.45. The van der Waals surface area contributed by atoms with Gasteiger partial charge in [-0.3, -0.25) is 9.59 Å². The number of carbonyl (C=O) groups is 2. The summed E-state index contributed by atoms with van der Waals surface area (Å²) in [7, 11) is 0. The Balaban J connectivity index is 2.37. The molecule has 2 amide bonds. The molecule has 2 aromatic rings. The lowest BCUT2D eigenvalue weighted by atomic mass is 10.1. The number of nitrogens with zero attached hydrogens (tertiary/aromatic N) is 1. The Labute approximate surface area is 193 Å². The van der Waals surface area contributed by atoms with E-state index in [2.05, 4.69) is 5.32 Å². The Morgan fingerprint density at radius 3 is 2.10 bits per heavy atom. The highest BCUT2D eigenvalue weighted by atomic mass is 35.5. The molecule has 2 rings (SSSR count). The van der Waals surface area contributed by atoms with E-state index in [-0.39, 0.29) is 30.8 Å². The van der Waals surface area contributed by atoms with Gasteiger partial charge in [-0.25, -0.2) is 0 Å². The summed E-state index contributed by atoms with van der Waals surface area (Å²) >= 11 is 18.9. The van der Waals surface area contributed by atoms with Gasteiger partial charge < -0.3 is 10.2 Å². The van der Waals surface area contributed by atoms with E-state index in [1.165, 1.54) is 0 Å². The summed E-state index contributed by atoms with van der Waals surface area (Å²) < 4.78 is 0. The number of amides is 2. The number of carbonyl (C=O) groups excluding carboxylic acids is 2. The lowest BCUT2D eigenvalue weighted by molar-refractivity contribution is -0.141. The van der Waals surface area contributed by atoms with Crippen LogP contribution in [0.25, 0.3) is 0 Å². The van der Waals surface area contributed by atoms with Crippen molar-refractivity contribution in [3.8, 4) is 0 Å². The van der Waals surface area contributed by atoms with Crippen LogP contribution in [0.5, 0.6) is 0 Å². The number of rotatable bonds is 9. The highest BCUT2D eigenvalue weighted by molar-refractivity contribution is 6.36. The average Bonchev–Trinajstić information content (AvgIpc) is 2.71. The molecule has 0 heterocycles. The van der Waals surface area contributed by atoms with E-state index in [9.17, 15) is 9.59 Å². The summed E-state index contributed by atoms with van der Waals surface area (Å²) in [6.45, 7) is 6.04. The number of halogens is 3. The fourth-order valence-corrected chi connectivity index (χ4v) is 3.85. The van der Waals surface area contributed by atoms with Gasteiger partial charge >= 0.3 is 0 Å². The first-order chi connectivity index (χ1) is 14.3. The van der Waals surface area contributed by atoms with Crippen molar-refractivity contribution >= 4 is 46.6 Å². The summed E-state index contributed by atoms with van der Waals surface area (Å²) in [5.41, 5.74) is 1.32. The number of hydrogen-bond donors (Lipinski definition) is 1. The maximum atomic E-state index is 13.4. The van der Waals surface area contributed by atoms with Crippen LogP contribution in [-0.2, 0) is 22.6 Å². The predicted molar refractivity (Wildman–Crippen MR) is 124 cm³/mol. The monoisotopic (exact) mass is 468 g/mol. The fraction of sp³-hybridized carbons (Fsp3) is 0.391. The molecule has 0 fully saturated rings. The summed E-state index contributed by atoms with van der Waals surface area (Å²) in [4.78, 5) is 27.9. The van der Waals surface area contributed by atoms with Crippen LogP contribution in [0.15, 0.2) is 42.5 Å². The third-order valence-electron chi connectivity index (χ3n) is 5.08. The second kappa shape index (κ2) is 11.6. The molecular weight excluding hydrogens is 443 g/mol. The third kappa shape index (κ3) is 6.37. The Hall–Kier alpha value is -1.75. The Bertz CT molecular complexity index is 868. The van der Waals surface area contributed by atoms with Gasteiger partial charge in [0.25, 0.3) is 0 Å². The maximum Gasteiger partial charge on any atom is 0.243 e. The molecule has 7 heteroatoms. The lowest BCUT2D eigenvalue weighted by Gasteiger charge is -2.32. The second-order valence-electron chi connectivity index (χ2n) is 7.23. The smallest absolute Gasteiger partial charge is 0.243 e. The zero-order valence-corrected chi connectivity index (χ0v) is 19.7. The van der Waals surface area contributed by atoms with Crippen LogP contribution >= 0.6 is 34.8 Å². The molecule has 0 radical (unpaired) electrons. The number of hydrogen-bond acceptors (Lipinski definition) is 2. The van der Waals surface area contributed by atoms with E-state index in [1.807, 2.05) is 39.0 Å². The zero-order valence-electron chi connectivity index (χ0n) is 17.4. The van der Waals surface area contributed by atoms with Gasteiger partial charge in [-0.15, -0.1) is 0 Å². The summed E-state index contributed by atoms with van der Waals surface area (Å²) in [5, 5.41) is 4.37. The average molecular weight is 470 g/mol. The first kappa shape index (κ1) is 24.5. The van der Waals surface area contributed by atoms with Crippen LogP contribution in [0.4, 0.5) is 0 Å². The molecule has 4 nitrogen and oxygen atoms in total. The van der Waals surface area contributed by atoms with E-state index >= 15 is 0 Å². The molecule has 1 N–H and O–H groups in total. The van der Waals surface area contributed by atoms with Crippen molar-refractivity contribution in [1.82, 2.24) is 10.2 Å². The highest BCUT2D eigenvalue weighted by Crippen LogP contribution is 2.27. The quantitative estimate of drug-likeness (QED) is 0.496. The number of benzene rings is 2. The standard InChI is InChI=1S/C23H27Cl3N2O2/c1-4-15(3)27-23(30)21(5-2)28(14-16-9-6-7-10-18(16)24)22(29)13-17-19(25)11-8-12-20(17)26/h6-12,15,21H,4-5,13-14H2,1-3H3,(H,27,30)/t15-,21+/m0/s1. The molecule has 2 atom stereocenters. The molecule has 0 aliphatic rings. The van der Waals surface area contributed by atoms with Crippen molar-refractivity contribution in [2.45, 2.75) is 58.7 Å². The molecule has 0 aliphatic carbocycles.